The highest BCUT2D eigenvalue weighted by molar-refractivity contribution is 5.88. The zero-order chi connectivity index (χ0) is 13.0. The van der Waals surface area contributed by atoms with Crippen LogP contribution in [0.1, 0.15) is 35.7 Å². The maximum absolute atomic E-state index is 11.7. The van der Waals surface area contributed by atoms with Gasteiger partial charge in [-0.3, -0.25) is 4.79 Å². The Bertz CT molecular complexity index is 423. The second-order valence-electron chi connectivity index (χ2n) is 4.18. The van der Waals surface area contributed by atoms with Crippen molar-refractivity contribution in [3.8, 4) is 0 Å². The van der Waals surface area contributed by atoms with Gasteiger partial charge >= 0.3 is 11.9 Å². The van der Waals surface area contributed by atoms with Gasteiger partial charge in [0.2, 0.25) is 0 Å². The molecule has 0 radical (unpaired) electrons. The molecule has 4 heteroatoms. The molecule has 0 aliphatic carbocycles. The Labute approximate surface area is 100 Å². The quantitative estimate of drug-likeness (QED) is 0.815. The highest BCUT2D eigenvalue weighted by Gasteiger charge is 2.25. The first-order valence-corrected chi connectivity index (χ1v) is 5.38. The van der Waals surface area contributed by atoms with E-state index < -0.39 is 11.9 Å². The Hall–Kier alpha value is -1.84. The Kier molecular flexibility index (Phi) is 4.26. The average Bonchev–Trinajstić information content (AvgIpc) is 2.28. The van der Waals surface area contributed by atoms with Crippen molar-refractivity contribution in [1.29, 1.82) is 0 Å². The summed E-state index contributed by atoms with van der Waals surface area (Å²) in [5.74, 6) is -1.73. The number of hydrogen-bond acceptors (Lipinski definition) is 3. The van der Waals surface area contributed by atoms with Crippen LogP contribution in [0.2, 0.25) is 0 Å². The monoisotopic (exact) mass is 236 g/mol. The number of carbonyl (C=O) groups is 2. The van der Waals surface area contributed by atoms with Crippen molar-refractivity contribution in [3.63, 3.8) is 0 Å². The van der Waals surface area contributed by atoms with Crippen molar-refractivity contribution in [1.82, 2.24) is 0 Å². The molecule has 1 rings (SSSR count). The Morgan fingerprint density at radius 3 is 2.41 bits per heavy atom. The molecule has 1 aromatic rings. The molecule has 1 aromatic carbocycles. The summed E-state index contributed by atoms with van der Waals surface area (Å²) in [6.45, 7) is 3.80. The van der Waals surface area contributed by atoms with Crippen molar-refractivity contribution in [2.45, 2.75) is 19.8 Å². The van der Waals surface area contributed by atoms with Crippen LogP contribution in [0.5, 0.6) is 0 Å². The fourth-order valence-electron chi connectivity index (χ4n) is 1.79. The van der Waals surface area contributed by atoms with Crippen LogP contribution >= 0.6 is 0 Å². The molecule has 0 bridgehead atoms. The maximum atomic E-state index is 11.7. The van der Waals surface area contributed by atoms with Crippen LogP contribution in [0, 0.1) is 5.92 Å². The largest absolute Gasteiger partial charge is 0.478 e. The number of esters is 1. The van der Waals surface area contributed by atoms with E-state index >= 15 is 0 Å². The zero-order valence-corrected chi connectivity index (χ0v) is 10.1. The lowest BCUT2D eigenvalue weighted by Crippen LogP contribution is -2.20. The van der Waals surface area contributed by atoms with Gasteiger partial charge in [-0.25, -0.2) is 4.79 Å². The van der Waals surface area contributed by atoms with E-state index in [1.165, 1.54) is 19.2 Å². The molecule has 0 saturated carbocycles. The van der Waals surface area contributed by atoms with Crippen LogP contribution in [0.4, 0.5) is 0 Å². The summed E-state index contributed by atoms with van der Waals surface area (Å²) in [7, 11) is 1.33. The van der Waals surface area contributed by atoms with Gasteiger partial charge in [-0.05, 0) is 23.6 Å². The fraction of sp³-hybridized carbons (Fsp3) is 0.385. The Balaban J connectivity index is 3.15. The number of carboxylic acids is 1. The number of ether oxygens (including phenoxy) is 1. The van der Waals surface area contributed by atoms with Gasteiger partial charge in [-0.2, -0.15) is 0 Å². The molecule has 0 amide bonds. The van der Waals surface area contributed by atoms with Crippen molar-refractivity contribution < 1.29 is 19.4 Å². The lowest BCUT2D eigenvalue weighted by atomic mass is 9.88. The molecule has 0 heterocycles. The van der Waals surface area contributed by atoms with Gasteiger partial charge in [-0.1, -0.05) is 26.0 Å². The van der Waals surface area contributed by atoms with E-state index in [2.05, 4.69) is 0 Å². The summed E-state index contributed by atoms with van der Waals surface area (Å²) < 4.78 is 4.74. The van der Waals surface area contributed by atoms with E-state index in [0.29, 0.717) is 5.56 Å². The summed E-state index contributed by atoms with van der Waals surface area (Å²) in [4.78, 5) is 22.5. The topological polar surface area (TPSA) is 63.6 Å². The standard InChI is InChI=1S/C13H16O4/c1-8(2)11(13(16)17-3)9-5-4-6-10(7-9)12(14)15/h4-8,11H,1-3H3,(H,14,15). The van der Waals surface area contributed by atoms with E-state index in [1.807, 2.05) is 13.8 Å². The third-order valence-electron chi connectivity index (χ3n) is 2.61. The zero-order valence-electron chi connectivity index (χ0n) is 10.1. The average molecular weight is 236 g/mol. The number of aromatic carboxylic acids is 1. The molecule has 0 aliphatic heterocycles. The molecule has 0 saturated heterocycles. The second-order valence-corrected chi connectivity index (χ2v) is 4.18. The van der Waals surface area contributed by atoms with Crippen LogP contribution in [-0.4, -0.2) is 24.2 Å². The number of methoxy groups -OCH3 is 1. The van der Waals surface area contributed by atoms with Crippen molar-refractivity contribution in [2.75, 3.05) is 7.11 Å². The van der Waals surface area contributed by atoms with Crippen LogP contribution in [0.15, 0.2) is 24.3 Å². The highest BCUT2D eigenvalue weighted by atomic mass is 16.5. The number of rotatable bonds is 4. The molecule has 1 N–H and O–H groups in total. The van der Waals surface area contributed by atoms with Crippen LogP contribution in [-0.2, 0) is 9.53 Å². The highest BCUT2D eigenvalue weighted by Crippen LogP contribution is 2.26. The third kappa shape index (κ3) is 3.06. The third-order valence-corrected chi connectivity index (χ3v) is 2.61. The van der Waals surface area contributed by atoms with E-state index in [0.717, 1.165) is 0 Å². The lowest BCUT2D eigenvalue weighted by molar-refractivity contribution is -0.143. The van der Waals surface area contributed by atoms with Gasteiger partial charge in [0.25, 0.3) is 0 Å². The first kappa shape index (κ1) is 13.2. The predicted octanol–water partition coefficient (Wildman–Crippen LogP) is 2.30. The number of benzene rings is 1. The van der Waals surface area contributed by atoms with Crippen LogP contribution in [0.25, 0.3) is 0 Å². The Morgan fingerprint density at radius 1 is 1.29 bits per heavy atom. The maximum Gasteiger partial charge on any atom is 0.335 e. The van der Waals surface area contributed by atoms with Gasteiger partial charge in [0.05, 0.1) is 18.6 Å². The lowest BCUT2D eigenvalue weighted by Gasteiger charge is -2.18. The summed E-state index contributed by atoms with van der Waals surface area (Å²) in [6.07, 6.45) is 0. The van der Waals surface area contributed by atoms with Gasteiger partial charge < -0.3 is 9.84 Å². The van der Waals surface area contributed by atoms with Crippen molar-refractivity contribution in [3.05, 3.63) is 35.4 Å². The molecule has 0 fully saturated rings. The number of hydrogen-bond donors (Lipinski definition) is 1. The summed E-state index contributed by atoms with van der Waals surface area (Å²) in [5.41, 5.74) is 0.851. The molecule has 17 heavy (non-hydrogen) atoms. The predicted molar refractivity (Wildman–Crippen MR) is 63.0 cm³/mol. The minimum absolute atomic E-state index is 0.0477. The van der Waals surface area contributed by atoms with Gasteiger partial charge in [-0.15, -0.1) is 0 Å². The van der Waals surface area contributed by atoms with Crippen LogP contribution < -0.4 is 0 Å². The molecule has 0 aromatic heterocycles. The molecule has 4 nitrogen and oxygen atoms in total. The van der Waals surface area contributed by atoms with E-state index in [9.17, 15) is 9.59 Å². The summed E-state index contributed by atoms with van der Waals surface area (Å²) >= 11 is 0. The molecule has 1 unspecified atom stereocenters. The van der Waals surface area contributed by atoms with Gasteiger partial charge in [0, 0.05) is 0 Å². The molecular weight excluding hydrogens is 220 g/mol. The first-order valence-electron chi connectivity index (χ1n) is 5.38. The summed E-state index contributed by atoms with van der Waals surface area (Å²) in [6, 6.07) is 6.40. The van der Waals surface area contributed by atoms with E-state index in [-0.39, 0.29) is 17.5 Å². The van der Waals surface area contributed by atoms with Crippen LogP contribution in [0.3, 0.4) is 0 Å². The number of carboxylic acid groups (broad SMARTS) is 1. The Morgan fingerprint density at radius 2 is 1.94 bits per heavy atom. The van der Waals surface area contributed by atoms with Crippen molar-refractivity contribution in [2.24, 2.45) is 5.92 Å². The minimum Gasteiger partial charge on any atom is -0.478 e. The smallest absolute Gasteiger partial charge is 0.335 e. The molecule has 0 spiro atoms. The molecular formula is C13H16O4. The minimum atomic E-state index is -1.00. The molecule has 1 atom stereocenters. The van der Waals surface area contributed by atoms with E-state index in [1.54, 1.807) is 12.1 Å². The fourth-order valence-corrected chi connectivity index (χ4v) is 1.79. The van der Waals surface area contributed by atoms with Crippen molar-refractivity contribution >= 4 is 11.9 Å². The normalized spacial score (nSPS) is 12.2. The SMILES string of the molecule is COC(=O)C(c1cccc(C(=O)O)c1)C(C)C. The van der Waals surface area contributed by atoms with Gasteiger partial charge in [0.15, 0.2) is 0 Å². The summed E-state index contributed by atoms with van der Waals surface area (Å²) in [5, 5.41) is 8.91. The number of carbonyl (C=O) groups excluding carboxylic acids is 1. The van der Waals surface area contributed by atoms with E-state index in [4.69, 9.17) is 9.84 Å². The van der Waals surface area contributed by atoms with Gasteiger partial charge in [0.1, 0.15) is 0 Å². The first-order chi connectivity index (χ1) is 7.97. The molecule has 0 aliphatic rings. The molecule has 92 valence electrons. The second kappa shape index (κ2) is 5.48.